The second-order valence-electron chi connectivity index (χ2n) is 6.63. The van der Waals surface area contributed by atoms with Crippen molar-refractivity contribution in [3.63, 3.8) is 0 Å². The third-order valence-electron chi connectivity index (χ3n) is 4.72. The van der Waals surface area contributed by atoms with Gasteiger partial charge in [-0.25, -0.2) is 9.97 Å². The highest BCUT2D eigenvalue weighted by atomic mass is 32.1. The second-order valence-corrected chi connectivity index (χ2v) is 7.66. The summed E-state index contributed by atoms with van der Waals surface area (Å²) in [6, 6.07) is 15.7. The van der Waals surface area contributed by atoms with Gasteiger partial charge in [-0.1, -0.05) is 24.3 Å². The molecule has 0 aliphatic heterocycles. The SMILES string of the molecule is COc1ccccc1CNC(=O)CCc1nc2cccnc2n1Cc1cccs1. The van der Waals surface area contributed by atoms with Crippen molar-refractivity contribution >= 4 is 28.4 Å². The quantitative estimate of drug-likeness (QED) is 0.483. The van der Waals surface area contributed by atoms with Crippen LogP contribution in [0.5, 0.6) is 5.75 Å². The number of para-hydroxylation sites is 1. The van der Waals surface area contributed by atoms with Crippen molar-refractivity contribution in [1.82, 2.24) is 19.9 Å². The van der Waals surface area contributed by atoms with Crippen LogP contribution >= 0.6 is 11.3 Å². The molecule has 29 heavy (non-hydrogen) atoms. The third kappa shape index (κ3) is 4.46. The minimum Gasteiger partial charge on any atom is -0.496 e. The number of carbonyl (C=O) groups excluding carboxylic acids is 1. The maximum absolute atomic E-state index is 12.4. The molecule has 0 saturated heterocycles. The molecule has 4 rings (SSSR count). The summed E-state index contributed by atoms with van der Waals surface area (Å²) in [5.41, 5.74) is 2.66. The number of rotatable bonds is 8. The number of imidazole rings is 1. The number of hydrogen-bond donors (Lipinski definition) is 1. The highest BCUT2D eigenvalue weighted by Crippen LogP contribution is 2.20. The standard InChI is InChI=1S/C22H22N4O2S/c1-28-19-9-3-2-6-16(19)14-24-21(27)11-10-20-25-18-8-4-12-23-22(18)26(20)15-17-7-5-13-29-17/h2-9,12-13H,10-11,14-15H2,1H3,(H,24,27). The monoisotopic (exact) mass is 406 g/mol. The average Bonchev–Trinajstić information content (AvgIpc) is 3.39. The van der Waals surface area contributed by atoms with Crippen LogP contribution in [0, 0.1) is 0 Å². The number of methoxy groups -OCH3 is 1. The fourth-order valence-electron chi connectivity index (χ4n) is 3.28. The lowest BCUT2D eigenvalue weighted by atomic mass is 10.2. The molecule has 0 unspecified atom stereocenters. The smallest absolute Gasteiger partial charge is 0.220 e. The van der Waals surface area contributed by atoms with E-state index in [9.17, 15) is 4.79 Å². The summed E-state index contributed by atoms with van der Waals surface area (Å²) >= 11 is 1.70. The van der Waals surface area contributed by atoms with E-state index in [-0.39, 0.29) is 5.91 Å². The molecule has 0 spiro atoms. The fraction of sp³-hybridized carbons (Fsp3) is 0.227. The minimum absolute atomic E-state index is 0.0152. The second kappa shape index (κ2) is 8.87. The van der Waals surface area contributed by atoms with E-state index in [0.717, 1.165) is 28.3 Å². The van der Waals surface area contributed by atoms with Gasteiger partial charge in [-0.3, -0.25) is 4.79 Å². The molecule has 3 heterocycles. The lowest BCUT2D eigenvalue weighted by Gasteiger charge is -2.10. The third-order valence-corrected chi connectivity index (χ3v) is 5.58. The van der Waals surface area contributed by atoms with Crippen molar-refractivity contribution in [3.05, 3.63) is 76.4 Å². The Morgan fingerprint density at radius 1 is 1.17 bits per heavy atom. The number of nitrogens with one attached hydrogen (secondary N) is 1. The molecule has 0 atom stereocenters. The number of carbonyl (C=O) groups is 1. The zero-order valence-corrected chi connectivity index (χ0v) is 17.0. The number of aryl methyl sites for hydroxylation is 1. The fourth-order valence-corrected chi connectivity index (χ4v) is 3.97. The predicted octanol–water partition coefficient (Wildman–Crippen LogP) is 3.80. The lowest BCUT2D eigenvalue weighted by Crippen LogP contribution is -2.23. The van der Waals surface area contributed by atoms with E-state index in [4.69, 9.17) is 9.72 Å². The van der Waals surface area contributed by atoms with E-state index < -0.39 is 0 Å². The van der Waals surface area contributed by atoms with Gasteiger partial charge in [0.2, 0.25) is 5.91 Å². The Labute approximate surface area is 173 Å². The van der Waals surface area contributed by atoms with Gasteiger partial charge < -0.3 is 14.6 Å². The van der Waals surface area contributed by atoms with Crippen LogP contribution in [-0.2, 0) is 24.3 Å². The largest absolute Gasteiger partial charge is 0.496 e. The molecule has 148 valence electrons. The molecule has 0 aliphatic carbocycles. The zero-order chi connectivity index (χ0) is 20.1. The number of fused-ring (bicyclic) bond motifs is 1. The molecule has 6 nitrogen and oxygen atoms in total. The summed E-state index contributed by atoms with van der Waals surface area (Å²) in [4.78, 5) is 22.9. The van der Waals surface area contributed by atoms with Gasteiger partial charge in [0, 0.05) is 36.0 Å². The molecule has 1 aromatic carbocycles. The van der Waals surface area contributed by atoms with Crippen molar-refractivity contribution in [2.45, 2.75) is 25.9 Å². The van der Waals surface area contributed by atoms with Gasteiger partial charge in [-0.05, 0) is 29.6 Å². The summed E-state index contributed by atoms with van der Waals surface area (Å²) in [6.07, 6.45) is 2.70. The van der Waals surface area contributed by atoms with Crippen LogP contribution in [0.4, 0.5) is 0 Å². The molecule has 4 aromatic rings. The molecule has 0 fully saturated rings. The van der Waals surface area contributed by atoms with E-state index in [1.54, 1.807) is 24.6 Å². The summed E-state index contributed by atoms with van der Waals surface area (Å²) in [5.74, 6) is 1.63. The highest BCUT2D eigenvalue weighted by Gasteiger charge is 2.14. The van der Waals surface area contributed by atoms with Crippen molar-refractivity contribution in [2.24, 2.45) is 0 Å². The number of aromatic nitrogens is 3. The Balaban J connectivity index is 1.44. The minimum atomic E-state index is -0.0152. The summed E-state index contributed by atoms with van der Waals surface area (Å²) in [6.45, 7) is 1.15. The maximum Gasteiger partial charge on any atom is 0.220 e. The summed E-state index contributed by atoms with van der Waals surface area (Å²) in [5, 5.41) is 5.04. The first-order valence-electron chi connectivity index (χ1n) is 9.45. The van der Waals surface area contributed by atoms with Gasteiger partial charge in [0.1, 0.15) is 17.1 Å². The van der Waals surface area contributed by atoms with E-state index in [1.165, 1.54) is 4.88 Å². The van der Waals surface area contributed by atoms with Crippen LogP contribution in [0.15, 0.2) is 60.1 Å². The first kappa shape index (κ1) is 19.1. The van der Waals surface area contributed by atoms with Crippen LogP contribution in [0.25, 0.3) is 11.2 Å². The molecule has 0 radical (unpaired) electrons. The summed E-state index contributed by atoms with van der Waals surface area (Å²) in [7, 11) is 1.63. The van der Waals surface area contributed by atoms with Crippen LogP contribution in [0.3, 0.4) is 0 Å². The molecule has 0 bridgehead atoms. The molecule has 3 aromatic heterocycles. The van der Waals surface area contributed by atoms with E-state index >= 15 is 0 Å². The molecule has 7 heteroatoms. The van der Waals surface area contributed by atoms with Crippen molar-refractivity contribution in [1.29, 1.82) is 0 Å². The van der Waals surface area contributed by atoms with Crippen molar-refractivity contribution in [2.75, 3.05) is 7.11 Å². The Morgan fingerprint density at radius 3 is 2.90 bits per heavy atom. The van der Waals surface area contributed by atoms with Gasteiger partial charge in [-0.2, -0.15) is 0 Å². The molecule has 1 N–H and O–H groups in total. The maximum atomic E-state index is 12.4. The number of nitrogens with zero attached hydrogens (tertiary/aromatic N) is 3. The van der Waals surface area contributed by atoms with Gasteiger partial charge in [0.05, 0.1) is 13.7 Å². The van der Waals surface area contributed by atoms with Gasteiger partial charge in [0.15, 0.2) is 5.65 Å². The molecule has 1 amide bonds. The number of hydrogen-bond acceptors (Lipinski definition) is 5. The number of amides is 1. The molecule has 0 saturated carbocycles. The first-order chi connectivity index (χ1) is 14.2. The Morgan fingerprint density at radius 2 is 2.07 bits per heavy atom. The van der Waals surface area contributed by atoms with Gasteiger partial charge >= 0.3 is 0 Å². The number of ether oxygens (including phenoxy) is 1. The Hall–Kier alpha value is -3.19. The zero-order valence-electron chi connectivity index (χ0n) is 16.2. The van der Waals surface area contributed by atoms with Crippen molar-refractivity contribution < 1.29 is 9.53 Å². The first-order valence-corrected chi connectivity index (χ1v) is 10.3. The topological polar surface area (TPSA) is 69.0 Å². The molecular formula is C22H22N4O2S. The number of benzene rings is 1. The average molecular weight is 407 g/mol. The van der Waals surface area contributed by atoms with Gasteiger partial charge in [0.25, 0.3) is 0 Å². The number of pyridine rings is 1. The van der Waals surface area contributed by atoms with Crippen molar-refractivity contribution in [3.8, 4) is 5.75 Å². The number of thiophene rings is 1. The Bertz CT molecular complexity index is 1110. The molecular weight excluding hydrogens is 384 g/mol. The van der Waals surface area contributed by atoms with Gasteiger partial charge in [-0.15, -0.1) is 11.3 Å². The van der Waals surface area contributed by atoms with Crippen LogP contribution < -0.4 is 10.1 Å². The van der Waals surface area contributed by atoms with Crippen LogP contribution in [0.2, 0.25) is 0 Å². The Kier molecular flexibility index (Phi) is 5.86. The highest BCUT2D eigenvalue weighted by molar-refractivity contribution is 7.09. The van der Waals surface area contributed by atoms with E-state index in [2.05, 4.69) is 26.3 Å². The van der Waals surface area contributed by atoms with Crippen LogP contribution in [0.1, 0.15) is 22.7 Å². The summed E-state index contributed by atoms with van der Waals surface area (Å²) < 4.78 is 7.44. The predicted molar refractivity (Wildman–Crippen MR) is 114 cm³/mol. The molecule has 0 aliphatic rings. The lowest BCUT2D eigenvalue weighted by molar-refractivity contribution is -0.121. The van der Waals surface area contributed by atoms with E-state index in [1.807, 2.05) is 42.5 Å². The van der Waals surface area contributed by atoms with E-state index in [0.29, 0.717) is 25.9 Å². The van der Waals surface area contributed by atoms with Crippen LogP contribution in [-0.4, -0.2) is 27.6 Å². The normalized spacial score (nSPS) is 10.9.